The third-order valence-electron chi connectivity index (χ3n) is 3.78. The molecule has 0 aliphatic carbocycles. The summed E-state index contributed by atoms with van der Waals surface area (Å²) in [5.74, 6) is 0. The van der Waals surface area contributed by atoms with Gasteiger partial charge in [-0.3, -0.25) is 0 Å². The molecule has 1 aliphatic rings. The molecule has 1 aromatic rings. The Kier molecular flexibility index (Phi) is 6.08. The van der Waals surface area contributed by atoms with E-state index in [1.54, 1.807) is 10.4 Å². The maximum absolute atomic E-state index is 12.8. The van der Waals surface area contributed by atoms with Crippen LogP contribution in [0.25, 0.3) is 0 Å². The van der Waals surface area contributed by atoms with Crippen molar-refractivity contribution >= 4 is 33.0 Å². The van der Waals surface area contributed by atoms with Gasteiger partial charge >= 0.3 is 0 Å². The topological polar surface area (TPSA) is 49.4 Å². The summed E-state index contributed by atoms with van der Waals surface area (Å²) in [6, 6.07) is 1.74. The lowest BCUT2D eigenvalue weighted by atomic mass is 10.1. The lowest BCUT2D eigenvalue weighted by molar-refractivity contribution is 0.246. The summed E-state index contributed by atoms with van der Waals surface area (Å²) in [6.07, 6.45) is 4.00. The molecule has 1 fully saturated rings. The first-order valence-electron chi connectivity index (χ1n) is 7.45. The number of hydrogen-bond acceptors (Lipinski definition) is 4. The Morgan fingerprint density at radius 3 is 2.86 bits per heavy atom. The van der Waals surface area contributed by atoms with Crippen LogP contribution in [0.3, 0.4) is 0 Å². The summed E-state index contributed by atoms with van der Waals surface area (Å²) < 4.78 is 28.3. The third-order valence-corrected chi connectivity index (χ3v) is 7.73. The molecule has 0 amide bonds. The highest BCUT2D eigenvalue weighted by Crippen LogP contribution is 2.34. The molecule has 0 spiro atoms. The highest BCUT2D eigenvalue weighted by Gasteiger charge is 2.34. The Balaban J connectivity index is 2.19. The monoisotopic (exact) mass is 350 g/mol. The van der Waals surface area contributed by atoms with Crippen LogP contribution in [0.15, 0.2) is 10.3 Å². The molecule has 0 bridgehead atoms. The van der Waals surface area contributed by atoms with E-state index >= 15 is 0 Å². The SMILES string of the molecule is CCCNCC1CCCCN1S(=O)(=O)c1cc(C)c(Cl)s1. The Labute approximate surface area is 136 Å². The molecule has 1 unspecified atom stereocenters. The zero-order valence-electron chi connectivity index (χ0n) is 12.6. The van der Waals surface area contributed by atoms with E-state index in [0.717, 1.165) is 55.7 Å². The lowest BCUT2D eigenvalue weighted by Crippen LogP contribution is -2.48. The van der Waals surface area contributed by atoms with Gasteiger partial charge in [0.1, 0.15) is 4.21 Å². The Morgan fingerprint density at radius 1 is 1.48 bits per heavy atom. The van der Waals surface area contributed by atoms with Crippen LogP contribution in [-0.4, -0.2) is 38.4 Å². The van der Waals surface area contributed by atoms with Gasteiger partial charge in [-0.1, -0.05) is 24.9 Å². The first-order chi connectivity index (χ1) is 9.96. The van der Waals surface area contributed by atoms with Gasteiger partial charge < -0.3 is 5.32 Å². The number of rotatable bonds is 6. The molecule has 7 heteroatoms. The maximum Gasteiger partial charge on any atom is 0.252 e. The van der Waals surface area contributed by atoms with Crippen LogP contribution in [-0.2, 0) is 10.0 Å². The number of nitrogens with zero attached hydrogens (tertiary/aromatic N) is 1. The van der Waals surface area contributed by atoms with E-state index in [1.807, 2.05) is 6.92 Å². The molecule has 0 aromatic carbocycles. The van der Waals surface area contributed by atoms with E-state index in [1.165, 1.54) is 0 Å². The van der Waals surface area contributed by atoms with Gasteiger partial charge in [-0.2, -0.15) is 4.31 Å². The molecule has 0 radical (unpaired) electrons. The first-order valence-corrected chi connectivity index (χ1v) is 10.1. The van der Waals surface area contributed by atoms with Crippen LogP contribution in [0.2, 0.25) is 4.34 Å². The molecule has 1 aromatic heterocycles. The molecule has 4 nitrogen and oxygen atoms in total. The lowest BCUT2D eigenvalue weighted by Gasteiger charge is -2.34. The fourth-order valence-corrected chi connectivity index (χ4v) is 6.14. The van der Waals surface area contributed by atoms with Gasteiger partial charge in [0, 0.05) is 19.1 Å². The molecule has 21 heavy (non-hydrogen) atoms. The normalized spacial score (nSPS) is 20.8. The average Bonchev–Trinajstić information content (AvgIpc) is 2.80. The van der Waals surface area contributed by atoms with E-state index in [2.05, 4.69) is 12.2 Å². The van der Waals surface area contributed by atoms with E-state index in [0.29, 0.717) is 15.1 Å². The van der Waals surface area contributed by atoms with E-state index < -0.39 is 10.0 Å². The van der Waals surface area contributed by atoms with E-state index in [-0.39, 0.29) is 6.04 Å². The Hall–Kier alpha value is -0.140. The summed E-state index contributed by atoms with van der Waals surface area (Å²) in [4.78, 5) is 0. The third kappa shape index (κ3) is 3.99. The second-order valence-electron chi connectivity index (χ2n) is 5.49. The van der Waals surface area contributed by atoms with Gasteiger partial charge in [0.25, 0.3) is 10.0 Å². The number of sulfonamides is 1. The number of nitrogens with one attached hydrogen (secondary N) is 1. The fraction of sp³-hybridized carbons (Fsp3) is 0.714. The molecule has 1 N–H and O–H groups in total. The highest BCUT2D eigenvalue weighted by molar-refractivity contribution is 7.91. The van der Waals surface area contributed by atoms with E-state index in [4.69, 9.17) is 11.6 Å². The molecule has 1 atom stereocenters. The minimum absolute atomic E-state index is 0.0523. The molecule has 2 rings (SSSR count). The number of hydrogen-bond donors (Lipinski definition) is 1. The van der Waals surface area contributed by atoms with E-state index in [9.17, 15) is 8.42 Å². The molecule has 120 valence electrons. The maximum atomic E-state index is 12.8. The Morgan fingerprint density at radius 2 is 2.24 bits per heavy atom. The van der Waals surface area contributed by atoms with Crippen molar-refractivity contribution < 1.29 is 8.42 Å². The molecule has 2 heterocycles. The van der Waals surface area contributed by atoms with Crippen LogP contribution in [0.4, 0.5) is 0 Å². The van der Waals surface area contributed by atoms with Crippen LogP contribution < -0.4 is 5.32 Å². The predicted octanol–water partition coefficient (Wildman–Crippen LogP) is 3.25. The molecule has 1 saturated heterocycles. The first kappa shape index (κ1) is 17.2. The smallest absolute Gasteiger partial charge is 0.252 e. The minimum Gasteiger partial charge on any atom is -0.315 e. The van der Waals surface area contributed by atoms with Gasteiger partial charge in [0.2, 0.25) is 0 Å². The van der Waals surface area contributed by atoms with Gasteiger partial charge in [-0.15, -0.1) is 11.3 Å². The number of aryl methyl sites for hydroxylation is 1. The van der Waals surface area contributed by atoms with Crippen molar-refractivity contribution in [2.75, 3.05) is 19.6 Å². The fourth-order valence-electron chi connectivity index (χ4n) is 2.61. The summed E-state index contributed by atoms with van der Waals surface area (Å²) in [7, 11) is -3.42. The number of halogens is 1. The van der Waals surface area contributed by atoms with Crippen LogP contribution in [0.5, 0.6) is 0 Å². The van der Waals surface area contributed by atoms with Crippen molar-refractivity contribution in [2.24, 2.45) is 0 Å². The zero-order chi connectivity index (χ0) is 15.5. The summed E-state index contributed by atoms with van der Waals surface area (Å²) in [5, 5.41) is 3.35. The van der Waals surface area contributed by atoms with Crippen LogP contribution in [0, 0.1) is 6.92 Å². The summed E-state index contributed by atoms with van der Waals surface area (Å²) in [5.41, 5.74) is 0.831. The molecule has 0 saturated carbocycles. The van der Waals surface area contributed by atoms with Crippen molar-refractivity contribution in [3.63, 3.8) is 0 Å². The summed E-state index contributed by atoms with van der Waals surface area (Å²) in [6.45, 7) is 6.21. The van der Waals surface area contributed by atoms with Crippen molar-refractivity contribution in [3.8, 4) is 0 Å². The van der Waals surface area contributed by atoms with Crippen LogP contribution in [0.1, 0.15) is 38.2 Å². The van der Waals surface area contributed by atoms with Crippen molar-refractivity contribution in [2.45, 2.75) is 49.8 Å². The van der Waals surface area contributed by atoms with Gasteiger partial charge in [0.15, 0.2) is 0 Å². The molecular formula is C14H23ClN2O2S2. The molecular weight excluding hydrogens is 328 g/mol. The predicted molar refractivity (Wildman–Crippen MR) is 88.8 cm³/mol. The standard InChI is InChI=1S/C14H23ClN2O2S2/c1-3-7-16-10-12-6-4-5-8-17(12)21(18,19)13-9-11(2)14(15)20-13/h9,12,16H,3-8,10H2,1-2H3. The molecule has 1 aliphatic heterocycles. The minimum atomic E-state index is -3.42. The Bertz CT molecular complexity index is 552. The number of piperidine rings is 1. The van der Waals surface area contributed by atoms with Crippen molar-refractivity contribution in [1.29, 1.82) is 0 Å². The quantitative estimate of drug-likeness (QED) is 0.801. The second-order valence-corrected chi connectivity index (χ2v) is 9.26. The van der Waals surface area contributed by atoms with Gasteiger partial charge in [0.05, 0.1) is 4.34 Å². The second kappa shape index (κ2) is 7.42. The summed E-state index contributed by atoms with van der Waals surface area (Å²) >= 11 is 7.20. The van der Waals surface area contributed by atoms with Crippen molar-refractivity contribution in [1.82, 2.24) is 9.62 Å². The van der Waals surface area contributed by atoms with Crippen molar-refractivity contribution in [3.05, 3.63) is 16.0 Å². The largest absolute Gasteiger partial charge is 0.315 e. The highest BCUT2D eigenvalue weighted by atomic mass is 35.5. The zero-order valence-corrected chi connectivity index (χ0v) is 15.0. The number of thiophene rings is 1. The van der Waals surface area contributed by atoms with Gasteiger partial charge in [-0.05, 0) is 44.4 Å². The van der Waals surface area contributed by atoms with Gasteiger partial charge in [-0.25, -0.2) is 8.42 Å². The van der Waals surface area contributed by atoms with Crippen LogP contribution >= 0.6 is 22.9 Å². The average molecular weight is 351 g/mol.